The number of para-hydroxylation sites is 1. The molecular weight excluding hydrogens is 463 g/mol. The third kappa shape index (κ3) is 5.76. The standard InChI is InChI=1S/C31H41FN4O/c1-7-36(34)26-15-14-25(29(32)30(26)33)28(20(2)3)22-13-12-21(4)24(16-22)18-35-17-23-10-8-9-11-27(23)37-31(5,6)19-35/h8-16,20,28H,7,17-19,33-34H2,1-6H3. The van der Waals surface area contributed by atoms with E-state index in [0.717, 1.165) is 30.9 Å². The number of hydrogen-bond acceptors (Lipinski definition) is 5. The summed E-state index contributed by atoms with van der Waals surface area (Å²) >= 11 is 0. The van der Waals surface area contributed by atoms with Gasteiger partial charge in [0.25, 0.3) is 0 Å². The fourth-order valence-corrected chi connectivity index (χ4v) is 5.49. The van der Waals surface area contributed by atoms with E-state index in [4.69, 9.17) is 16.3 Å². The molecule has 3 aromatic carbocycles. The number of rotatable bonds is 7. The molecule has 4 rings (SSSR count). The second kappa shape index (κ2) is 10.7. The van der Waals surface area contributed by atoms with Gasteiger partial charge in [0.15, 0.2) is 5.82 Å². The SMILES string of the molecule is CCN(N)c1ccc(C(c2ccc(C)c(CN3Cc4ccccc4OC(C)(C)C3)c2)C(C)C)c(F)c1N. The second-order valence-electron chi connectivity index (χ2n) is 11.2. The maximum atomic E-state index is 15.6. The van der Waals surface area contributed by atoms with Gasteiger partial charge in [-0.15, -0.1) is 0 Å². The summed E-state index contributed by atoms with van der Waals surface area (Å²) in [5.41, 5.74) is 11.9. The van der Waals surface area contributed by atoms with Crippen LogP contribution in [-0.2, 0) is 13.1 Å². The van der Waals surface area contributed by atoms with Gasteiger partial charge >= 0.3 is 0 Å². The van der Waals surface area contributed by atoms with Crippen molar-refractivity contribution in [3.8, 4) is 5.75 Å². The minimum Gasteiger partial charge on any atom is -0.486 e. The van der Waals surface area contributed by atoms with Crippen LogP contribution in [0.3, 0.4) is 0 Å². The highest BCUT2D eigenvalue weighted by Gasteiger charge is 2.30. The van der Waals surface area contributed by atoms with Crippen molar-refractivity contribution in [2.75, 3.05) is 23.8 Å². The Morgan fingerprint density at radius 2 is 1.84 bits per heavy atom. The van der Waals surface area contributed by atoms with Crippen molar-refractivity contribution in [2.24, 2.45) is 11.8 Å². The fraction of sp³-hybridized carbons (Fsp3) is 0.419. The van der Waals surface area contributed by atoms with E-state index in [2.05, 4.69) is 75.9 Å². The summed E-state index contributed by atoms with van der Waals surface area (Å²) in [5.74, 6) is 6.63. The summed E-state index contributed by atoms with van der Waals surface area (Å²) < 4.78 is 22.0. The summed E-state index contributed by atoms with van der Waals surface area (Å²) in [6, 6.07) is 18.5. The summed E-state index contributed by atoms with van der Waals surface area (Å²) in [5, 5.41) is 1.47. The van der Waals surface area contributed by atoms with Crippen molar-refractivity contribution in [1.82, 2.24) is 4.90 Å². The molecule has 3 aromatic rings. The number of nitrogens with zero attached hydrogens (tertiary/aromatic N) is 2. The van der Waals surface area contributed by atoms with E-state index >= 15 is 4.39 Å². The quantitative estimate of drug-likeness (QED) is 0.222. The zero-order chi connectivity index (χ0) is 26.9. The van der Waals surface area contributed by atoms with Crippen LogP contribution in [0.5, 0.6) is 5.75 Å². The molecule has 0 radical (unpaired) electrons. The van der Waals surface area contributed by atoms with E-state index < -0.39 is 0 Å². The van der Waals surface area contributed by atoms with Crippen molar-refractivity contribution in [3.05, 3.63) is 88.2 Å². The molecule has 4 N–H and O–H groups in total. The number of ether oxygens (including phenoxy) is 1. The molecule has 37 heavy (non-hydrogen) atoms. The number of fused-ring (bicyclic) bond motifs is 1. The highest BCUT2D eigenvalue weighted by atomic mass is 19.1. The summed E-state index contributed by atoms with van der Waals surface area (Å²) in [7, 11) is 0. The predicted octanol–water partition coefficient (Wildman–Crippen LogP) is 6.38. The lowest BCUT2D eigenvalue weighted by Crippen LogP contribution is -2.40. The average molecular weight is 505 g/mol. The lowest BCUT2D eigenvalue weighted by molar-refractivity contribution is 0.0682. The minimum absolute atomic E-state index is 0.102. The van der Waals surface area contributed by atoms with Crippen LogP contribution in [0.25, 0.3) is 0 Å². The molecule has 1 unspecified atom stereocenters. The molecule has 6 heteroatoms. The highest BCUT2D eigenvalue weighted by molar-refractivity contribution is 5.69. The van der Waals surface area contributed by atoms with E-state index in [1.54, 1.807) is 0 Å². The minimum atomic E-state index is -0.384. The highest BCUT2D eigenvalue weighted by Crippen LogP contribution is 2.39. The van der Waals surface area contributed by atoms with Crippen molar-refractivity contribution in [3.63, 3.8) is 0 Å². The lowest BCUT2D eigenvalue weighted by atomic mass is 9.81. The first-order valence-electron chi connectivity index (χ1n) is 13.2. The number of hydrazine groups is 1. The molecule has 0 fully saturated rings. The Morgan fingerprint density at radius 1 is 1.11 bits per heavy atom. The zero-order valence-corrected chi connectivity index (χ0v) is 23.0. The fourth-order valence-electron chi connectivity index (χ4n) is 5.49. The van der Waals surface area contributed by atoms with Gasteiger partial charge in [0.2, 0.25) is 0 Å². The van der Waals surface area contributed by atoms with Crippen LogP contribution in [0, 0.1) is 18.7 Å². The molecule has 0 aliphatic carbocycles. The van der Waals surface area contributed by atoms with E-state index in [1.165, 1.54) is 21.7 Å². The Bertz CT molecular complexity index is 1260. The number of halogens is 1. The number of benzene rings is 3. The number of anilines is 2. The smallest absolute Gasteiger partial charge is 0.152 e. The molecule has 1 aliphatic heterocycles. The molecule has 1 heterocycles. The van der Waals surface area contributed by atoms with Gasteiger partial charge in [-0.25, -0.2) is 10.2 Å². The van der Waals surface area contributed by atoms with E-state index in [-0.39, 0.29) is 28.9 Å². The lowest BCUT2D eigenvalue weighted by Gasteiger charge is -2.30. The van der Waals surface area contributed by atoms with Gasteiger partial charge in [0, 0.05) is 37.7 Å². The van der Waals surface area contributed by atoms with Gasteiger partial charge in [0.1, 0.15) is 11.4 Å². The van der Waals surface area contributed by atoms with E-state index in [9.17, 15) is 0 Å². The van der Waals surface area contributed by atoms with Gasteiger partial charge in [-0.1, -0.05) is 56.3 Å². The van der Waals surface area contributed by atoms with Crippen LogP contribution in [0.1, 0.15) is 68.4 Å². The molecule has 0 saturated heterocycles. The summed E-state index contributed by atoms with van der Waals surface area (Å²) in [4.78, 5) is 2.44. The molecule has 0 amide bonds. The first-order chi connectivity index (χ1) is 17.5. The Labute approximate surface area is 221 Å². The molecule has 0 saturated carbocycles. The third-order valence-electron chi connectivity index (χ3n) is 7.32. The molecule has 0 bridgehead atoms. The van der Waals surface area contributed by atoms with Gasteiger partial charge in [-0.2, -0.15) is 0 Å². The molecule has 1 aliphatic rings. The Hall–Kier alpha value is -3.09. The topological polar surface area (TPSA) is 67.8 Å². The monoisotopic (exact) mass is 504 g/mol. The Morgan fingerprint density at radius 3 is 2.54 bits per heavy atom. The maximum absolute atomic E-state index is 15.6. The normalized spacial score (nSPS) is 16.1. The Balaban J connectivity index is 1.68. The molecule has 198 valence electrons. The molecular formula is C31H41FN4O. The van der Waals surface area contributed by atoms with Crippen LogP contribution in [0.4, 0.5) is 15.8 Å². The zero-order valence-electron chi connectivity index (χ0n) is 23.0. The first kappa shape index (κ1) is 27.0. The molecule has 0 spiro atoms. The number of nitrogen functional groups attached to an aromatic ring is 1. The van der Waals surface area contributed by atoms with Crippen LogP contribution in [0.2, 0.25) is 0 Å². The first-order valence-corrected chi connectivity index (χ1v) is 13.2. The molecule has 5 nitrogen and oxygen atoms in total. The molecule has 1 atom stereocenters. The van der Waals surface area contributed by atoms with Crippen molar-refractivity contribution < 1.29 is 9.13 Å². The Kier molecular flexibility index (Phi) is 7.81. The maximum Gasteiger partial charge on any atom is 0.152 e. The molecule has 0 aromatic heterocycles. The van der Waals surface area contributed by atoms with Crippen LogP contribution in [0.15, 0.2) is 54.6 Å². The van der Waals surface area contributed by atoms with Crippen molar-refractivity contribution in [1.29, 1.82) is 0 Å². The van der Waals surface area contributed by atoms with Gasteiger partial charge < -0.3 is 15.5 Å². The third-order valence-corrected chi connectivity index (χ3v) is 7.32. The predicted molar refractivity (Wildman–Crippen MR) is 151 cm³/mol. The number of aryl methyl sites for hydroxylation is 1. The largest absolute Gasteiger partial charge is 0.486 e. The average Bonchev–Trinajstić information content (AvgIpc) is 2.97. The van der Waals surface area contributed by atoms with Gasteiger partial charge in [-0.05, 0) is 68.0 Å². The van der Waals surface area contributed by atoms with Crippen molar-refractivity contribution in [2.45, 2.75) is 66.2 Å². The van der Waals surface area contributed by atoms with Gasteiger partial charge in [0.05, 0.1) is 11.4 Å². The second-order valence-corrected chi connectivity index (χ2v) is 11.2. The summed E-state index contributed by atoms with van der Waals surface area (Å²) in [6.07, 6.45) is 0. The van der Waals surface area contributed by atoms with Crippen LogP contribution < -0.4 is 21.3 Å². The van der Waals surface area contributed by atoms with E-state index in [1.807, 2.05) is 25.1 Å². The number of hydrogen-bond donors (Lipinski definition) is 2. The van der Waals surface area contributed by atoms with E-state index in [0.29, 0.717) is 17.8 Å². The number of nitrogens with two attached hydrogens (primary N) is 2. The van der Waals surface area contributed by atoms with Crippen molar-refractivity contribution >= 4 is 11.4 Å². The van der Waals surface area contributed by atoms with Crippen LogP contribution >= 0.6 is 0 Å². The van der Waals surface area contributed by atoms with Gasteiger partial charge in [-0.3, -0.25) is 4.90 Å². The summed E-state index contributed by atoms with van der Waals surface area (Å²) in [6.45, 7) is 15.5. The van der Waals surface area contributed by atoms with Crippen LogP contribution in [-0.4, -0.2) is 23.6 Å².